The lowest BCUT2D eigenvalue weighted by Crippen LogP contribution is -2.11. The van der Waals surface area contributed by atoms with E-state index in [0.29, 0.717) is 13.2 Å². The summed E-state index contributed by atoms with van der Waals surface area (Å²) in [6, 6.07) is 0. The molecule has 0 spiro atoms. The molecule has 0 heterocycles. The lowest BCUT2D eigenvalue weighted by molar-refractivity contribution is 0.0346. The molecule has 4 nitrogen and oxygen atoms in total. The van der Waals surface area contributed by atoms with Gasteiger partial charge >= 0.3 is 6.16 Å². The van der Waals surface area contributed by atoms with Gasteiger partial charge in [-0.2, -0.15) is 0 Å². The van der Waals surface area contributed by atoms with Gasteiger partial charge in [0.05, 0.1) is 6.61 Å². The maximum Gasteiger partial charge on any atom is 0.508 e. The van der Waals surface area contributed by atoms with E-state index in [1.54, 1.807) is 0 Å². The van der Waals surface area contributed by atoms with E-state index in [4.69, 9.17) is 4.74 Å². The van der Waals surface area contributed by atoms with Gasteiger partial charge in [0, 0.05) is 6.61 Å². The molecule has 0 aromatic carbocycles. The molecule has 0 aliphatic heterocycles. The SMILES string of the molecule is C=CCOC(=O)OCCOCC. The molecular weight excluding hydrogens is 160 g/mol. The van der Waals surface area contributed by atoms with Gasteiger partial charge in [0.1, 0.15) is 13.2 Å². The molecule has 0 saturated carbocycles. The average Bonchev–Trinajstić information content (AvgIpc) is 2.09. The van der Waals surface area contributed by atoms with Crippen molar-refractivity contribution in [2.75, 3.05) is 26.4 Å². The van der Waals surface area contributed by atoms with E-state index in [9.17, 15) is 4.79 Å². The lowest BCUT2D eigenvalue weighted by Gasteiger charge is -2.03. The normalized spacial score (nSPS) is 9.08. The molecule has 0 aliphatic rings. The average molecular weight is 174 g/mol. The number of carbonyl (C=O) groups is 1. The highest BCUT2D eigenvalue weighted by Crippen LogP contribution is 1.85. The Labute approximate surface area is 72.1 Å². The van der Waals surface area contributed by atoms with Crippen LogP contribution in [0.25, 0.3) is 0 Å². The van der Waals surface area contributed by atoms with Gasteiger partial charge in [-0.05, 0) is 6.92 Å². The van der Waals surface area contributed by atoms with Gasteiger partial charge in [0.2, 0.25) is 0 Å². The Bertz CT molecular complexity index is 133. The molecule has 0 aromatic rings. The Hall–Kier alpha value is -1.03. The molecule has 0 saturated heterocycles. The molecule has 0 aromatic heterocycles. The first-order valence-electron chi connectivity index (χ1n) is 3.79. The van der Waals surface area contributed by atoms with Crippen molar-refractivity contribution >= 4 is 6.16 Å². The van der Waals surface area contributed by atoms with Crippen LogP contribution < -0.4 is 0 Å². The fraction of sp³-hybridized carbons (Fsp3) is 0.625. The summed E-state index contributed by atoms with van der Waals surface area (Å²) in [7, 11) is 0. The maximum absolute atomic E-state index is 10.6. The number of hydrogen-bond donors (Lipinski definition) is 0. The minimum absolute atomic E-state index is 0.174. The number of rotatable bonds is 6. The Kier molecular flexibility index (Phi) is 7.38. The van der Waals surface area contributed by atoms with Crippen LogP contribution in [0.4, 0.5) is 4.79 Å². The molecule has 0 atom stereocenters. The summed E-state index contributed by atoms with van der Waals surface area (Å²) < 4.78 is 14.1. The molecule has 0 bridgehead atoms. The molecule has 0 aliphatic carbocycles. The standard InChI is InChI=1S/C8H14O4/c1-3-5-11-8(9)12-7-6-10-4-2/h3H,1,4-7H2,2H3. The van der Waals surface area contributed by atoms with Crippen LogP contribution in [0.15, 0.2) is 12.7 Å². The predicted molar refractivity (Wildman–Crippen MR) is 44.0 cm³/mol. The molecule has 0 amide bonds. The van der Waals surface area contributed by atoms with Crippen molar-refractivity contribution in [1.82, 2.24) is 0 Å². The molecule has 0 rings (SSSR count). The van der Waals surface area contributed by atoms with Gasteiger partial charge in [-0.15, -0.1) is 0 Å². The lowest BCUT2D eigenvalue weighted by atomic mass is 10.7. The molecule has 0 unspecified atom stereocenters. The van der Waals surface area contributed by atoms with Gasteiger partial charge in [0.15, 0.2) is 0 Å². The van der Waals surface area contributed by atoms with Crippen LogP contribution in [0.1, 0.15) is 6.92 Å². The third-order valence-electron chi connectivity index (χ3n) is 0.971. The van der Waals surface area contributed by atoms with Crippen molar-refractivity contribution in [2.24, 2.45) is 0 Å². The van der Waals surface area contributed by atoms with Crippen molar-refractivity contribution in [1.29, 1.82) is 0 Å². The van der Waals surface area contributed by atoms with E-state index in [1.165, 1.54) is 6.08 Å². The van der Waals surface area contributed by atoms with Crippen LogP contribution in [0.2, 0.25) is 0 Å². The summed E-state index contributed by atoms with van der Waals surface area (Å²) >= 11 is 0. The molecular formula is C8H14O4. The molecule has 70 valence electrons. The van der Waals surface area contributed by atoms with Crippen LogP contribution in [0, 0.1) is 0 Å². The van der Waals surface area contributed by atoms with Gasteiger partial charge in [0.25, 0.3) is 0 Å². The predicted octanol–water partition coefficient (Wildman–Crippen LogP) is 1.36. The first-order valence-corrected chi connectivity index (χ1v) is 3.79. The van der Waals surface area contributed by atoms with Crippen LogP contribution in [0.3, 0.4) is 0 Å². The van der Waals surface area contributed by atoms with Crippen molar-refractivity contribution in [2.45, 2.75) is 6.92 Å². The minimum Gasteiger partial charge on any atom is -0.432 e. The summed E-state index contributed by atoms with van der Waals surface area (Å²) in [5.41, 5.74) is 0. The second-order valence-electron chi connectivity index (χ2n) is 1.90. The van der Waals surface area contributed by atoms with E-state index in [0.717, 1.165) is 0 Å². The second kappa shape index (κ2) is 8.07. The fourth-order valence-corrected chi connectivity index (χ4v) is 0.497. The summed E-state index contributed by atoms with van der Waals surface area (Å²) in [4.78, 5) is 10.6. The van der Waals surface area contributed by atoms with E-state index in [1.807, 2.05) is 6.92 Å². The molecule has 0 radical (unpaired) electrons. The van der Waals surface area contributed by atoms with E-state index >= 15 is 0 Å². The topological polar surface area (TPSA) is 44.8 Å². The monoisotopic (exact) mass is 174 g/mol. The summed E-state index contributed by atoms with van der Waals surface area (Å²) in [5, 5.41) is 0. The van der Waals surface area contributed by atoms with Crippen molar-refractivity contribution in [3.63, 3.8) is 0 Å². The Morgan fingerprint density at radius 2 is 2.17 bits per heavy atom. The third kappa shape index (κ3) is 7.08. The van der Waals surface area contributed by atoms with Crippen molar-refractivity contribution in [3.05, 3.63) is 12.7 Å². The largest absolute Gasteiger partial charge is 0.508 e. The molecule has 0 fully saturated rings. The number of ether oxygens (including phenoxy) is 3. The summed E-state index contributed by atoms with van der Waals surface area (Å²) in [5.74, 6) is 0. The van der Waals surface area contributed by atoms with Gasteiger partial charge in [-0.1, -0.05) is 12.7 Å². The smallest absolute Gasteiger partial charge is 0.432 e. The highest BCUT2D eigenvalue weighted by Gasteiger charge is 2.00. The fourth-order valence-electron chi connectivity index (χ4n) is 0.497. The number of hydrogen-bond acceptors (Lipinski definition) is 4. The summed E-state index contributed by atoms with van der Waals surface area (Å²) in [6.07, 6.45) is 0.790. The van der Waals surface area contributed by atoms with Gasteiger partial charge in [-0.25, -0.2) is 4.79 Å². The Morgan fingerprint density at radius 1 is 1.42 bits per heavy atom. The minimum atomic E-state index is -0.686. The van der Waals surface area contributed by atoms with Gasteiger partial charge < -0.3 is 14.2 Å². The van der Waals surface area contributed by atoms with Crippen molar-refractivity contribution < 1.29 is 19.0 Å². The zero-order valence-corrected chi connectivity index (χ0v) is 7.25. The highest BCUT2D eigenvalue weighted by molar-refractivity contribution is 5.59. The van der Waals surface area contributed by atoms with E-state index in [-0.39, 0.29) is 13.2 Å². The molecule has 0 N–H and O–H groups in total. The third-order valence-corrected chi connectivity index (χ3v) is 0.971. The Balaban J connectivity index is 3.13. The van der Waals surface area contributed by atoms with Crippen molar-refractivity contribution in [3.8, 4) is 0 Å². The zero-order chi connectivity index (χ0) is 9.23. The van der Waals surface area contributed by atoms with E-state index < -0.39 is 6.16 Å². The quantitative estimate of drug-likeness (QED) is 0.346. The number of carbonyl (C=O) groups excluding carboxylic acids is 1. The molecule has 4 heteroatoms. The van der Waals surface area contributed by atoms with Crippen LogP contribution in [-0.2, 0) is 14.2 Å². The van der Waals surface area contributed by atoms with Gasteiger partial charge in [-0.3, -0.25) is 0 Å². The van der Waals surface area contributed by atoms with Crippen LogP contribution >= 0.6 is 0 Å². The van der Waals surface area contributed by atoms with E-state index in [2.05, 4.69) is 16.1 Å². The first-order chi connectivity index (χ1) is 5.81. The maximum atomic E-state index is 10.6. The Morgan fingerprint density at radius 3 is 2.75 bits per heavy atom. The van der Waals surface area contributed by atoms with Crippen LogP contribution in [0.5, 0.6) is 0 Å². The first kappa shape index (κ1) is 11.0. The molecule has 12 heavy (non-hydrogen) atoms. The summed E-state index contributed by atoms with van der Waals surface area (Å²) in [6.45, 7) is 6.67. The zero-order valence-electron chi connectivity index (χ0n) is 7.25. The highest BCUT2D eigenvalue weighted by atomic mass is 16.7. The van der Waals surface area contributed by atoms with Crippen LogP contribution in [-0.4, -0.2) is 32.6 Å². The second-order valence-corrected chi connectivity index (χ2v) is 1.90.